The van der Waals surface area contributed by atoms with E-state index >= 15 is 0 Å². The van der Waals surface area contributed by atoms with E-state index in [0.29, 0.717) is 18.1 Å². The van der Waals surface area contributed by atoms with Gasteiger partial charge in [0.25, 0.3) is 0 Å². The van der Waals surface area contributed by atoms with Crippen molar-refractivity contribution in [3.05, 3.63) is 77.4 Å². The predicted molar refractivity (Wildman–Crippen MR) is 131 cm³/mol. The van der Waals surface area contributed by atoms with Gasteiger partial charge in [0.15, 0.2) is 5.82 Å². The zero-order valence-electron chi connectivity index (χ0n) is 20.2. The van der Waals surface area contributed by atoms with Gasteiger partial charge in [-0.3, -0.25) is 0 Å². The first kappa shape index (κ1) is 23.4. The lowest BCUT2D eigenvalue weighted by molar-refractivity contribution is 0.0595. The summed E-state index contributed by atoms with van der Waals surface area (Å²) in [5.74, 6) is 2.09. The number of aromatic nitrogens is 2. The summed E-state index contributed by atoms with van der Waals surface area (Å²) in [6, 6.07) is 18.5. The monoisotopic (exact) mass is 475 g/mol. The Balaban J connectivity index is 1.30. The summed E-state index contributed by atoms with van der Waals surface area (Å²) < 4.78 is 16.8. The number of amides is 1. The number of carbonyl (C=O) groups is 1. The van der Waals surface area contributed by atoms with Crippen molar-refractivity contribution in [2.45, 2.75) is 75.3 Å². The maximum atomic E-state index is 12.4. The second-order valence-electron chi connectivity index (χ2n) is 9.72. The molecule has 0 radical (unpaired) electrons. The Morgan fingerprint density at radius 1 is 1.06 bits per heavy atom. The first-order valence-electron chi connectivity index (χ1n) is 12.6. The molecule has 2 aromatic carbocycles. The molecule has 1 amide bonds. The van der Waals surface area contributed by atoms with E-state index in [1.165, 1.54) is 18.4 Å². The third-order valence-electron chi connectivity index (χ3n) is 7.45. The van der Waals surface area contributed by atoms with Crippen molar-refractivity contribution >= 4 is 6.09 Å². The molecule has 1 aromatic heterocycles. The highest BCUT2D eigenvalue weighted by molar-refractivity contribution is 5.67. The lowest BCUT2D eigenvalue weighted by Crippen LogP contribution is -2.40. The zero-order chi connectivity index (χ0) is 24.1. The third-order valence-corrected chi connectivity index (χ3v) is 7.45. The molecule has 184 valence electrons. The van der Waals surface area contributed by atoms with E-state index < -0.39 is 0 Å². The Kier molecular flexibility index (Phi) is 7.02. The highest BCUT2D eigenvalue weighted by atomic mass is 16.6. The van der Waals surface area contributed by atoms with Crippen LogP contribution in [-0.4, -0.2) is 35.5 Å². The number of methoxy groups -OCH3 is 1. The van der Waals surface area contributed by atoms with Crippen molar-refractivity contribution in [3.8, 4) is 5.75 Å². The Morgan fingerprint density at radius 2 is 1.83 bits per heavy atom. The maximum Gasteiger partial charge on any atom is 0.407 e. The Morgan fingerprint density at radius 3 is 2.57 bits per heavy atom. The van der Waals surface area contributed by atoms with Crippen LogP contribution >= 0.6 is 0 Å². The molecule has 0 spiro atoms. The molecule has 1 heterocycles. The van der Waals surface area contributed by atoms with Crippen LogP contribution < -0.4 is 10.1 Å². The van der Waals surface area contributed by atoms with Crippen LogP contribution in [0, 0.1) is 0 Å². The van der Waals surface area contributed by atoms with Gasteiger partial charge in [0.05, 0.1) is 18.9 Å². The molecule has 2 aliphatic rings. The van der Waals surface area contributed by atoms with Crippen molar-refractivity contribution in [1.82, 2.24) is 15.5 Å². The molecule has 3 aromatic rings. The van der Waals surface area contributed by atoms with Gasteiger partial charge >= 0.3 is 6.09 Å². The number of alkyl carbamates (subject to hydrolysis) is 1. The van der Waals surface area contributed by atoms with Gasteiger partial charge in [0.1, 0.15) is 11.9 Å². The number of carbonyl (C=O) groups excluding carboxylic acids is 1. The van der Waals surface area contributed by atoms with E-state index in [1.54, 1.807) is 7.11 Å². The maximum absolute atomic E-state index is 12.4. The Labute approximate surface area is 206 Å². The summed E-state index contributed by atoms with van der Waals surface area (Å²) in [5, 5.41) is 7.48. The number of rotatable bonds is 7. The largest absolute Gasteiger partial charge is 0.497 e. The fourth-order valence-corrected chi connectivity index (χ4v) is 5.50. The van der Waals surface area contributed by atoms with Crippen LogP contribution in [0.25, 0.3) is 0 Å². The van der Waals surface area contributed by atoms with Gasteiger partial charge in [-0.2, -0.15) is 4.98 Å². The van der Waals surface area contributed by atoms with Gasteiger partial charge in [0.2, 0.25) is 5.89 Å². The SMILES string of the molecule is COc1cccc(Cc2nc(C3(c4ccccc4)CCC(OC(=O)NC4CCCC4)CC3)no2)c1. The Bertz CT molecular complexity index is 1120. The lowest BCUT2D eigenvalue weighted by atomic mass is 9.68. The topological polar surface area (TPSA) is 86.5 Å². The molecule has 2 saturated carbocycles. The molecule has 7 heteroatoms. The molecule has 35 heavy (non-hydrogen) atoms. The average molecular weight is 476 g/mol. The van der Waals surface area contributed by atoms with Gasteiger partial charge in [-0.25, -0.2) is 4.79 Å². The molecule has 2 aliphatic carbocycles. The van der Waals surface area contributed by atoms with Crippen LogP contribution in [0.4, 0.5) is 4.79 Å². The van der Waals surface area contributed by atoms with Crippen molar-refractivity contribution in [3.63, 3.8) is 0 Å². The van der Waals surface area contributed by atoms with Gasteiger partial charge in [-0.05, 0) is 61.8 Å². The minimum absolute atomic E-state index is 0.101. The van der Waals surface area contributed by atoms with Crippen molar-refractivity contribution in [2.24, 2.45) is 0 Å². The summed E-state index contributed by atoms with van der Waals surface area (Å²) >= 11 is 0. The first-order valence-corrected chi connectivity index (χ1v) is 12.6. The van der Waals surface area contributed by atoms with E-state index in [9.17, 15) is 4.79 Å². The standard InChI is InChI=1S/C28H33N3O4/c1-33-24-13-7-8-20(18-24)19-25-30-26(31-35-25)28(21-9-3-2-4-10-21)16-14-23(15-17-28)34-27(32)29-22-11-5-6-12-22/h2-4,7-10,13,18,22-23H,5-6,11-12,14-17,19H2,1H3,(H,29,32). The van der Waals surface area contributed by atoms with E-state index in [1.807, 2.05) is 42.5 Å². The van der Waals surface area contributed by atoms with Crippen LogP contribution in [-0.2, 0) is 16.6 Å². The van der Waals surface area contributed by atoms with Crippen molar-refractivity contribution in [2.75, 3.05) is 7.11 Å². The highest BCUT2D eigenvalue weighted by Crippen LogP contribution is 2.44. The molecular weight excluding hydrogens is 442 g/mol. The second kappa shape index (κ2) is 10.5. The van der Waals surface area contributed by atoms with E-state index in [0.717, 1.165) is 49.8 Å². The molecule has 5 rings (SSSR count). The van der Waals surface area contributed by atoms with Crippen LogP contribution in [0.3, 0.4) is 0 Å². The number of hydrogen-bond donors (Lipinski definition) is 1. The van der Waals surface area contributed by atoms with Gasteiger partial charge in [-0.1, -0.05) is 60.5 Å². The van der Waals surface area contributed by atoms with Crippen molar-refractivity contribution < 1.29 is 18.8 Å². The van der Waals surface area contributed by atoms with E-state index in [4.69, 9.17) is 19.0 Å². The summed E-state index contributed by atoms with van der Waals surface area (Å²) in [5.41, 5.74) is 1.86. The smallest absolute Gasteiger partial charge is 0.407 e. The van der Waals surface area contributed by atoms with Crippen LogP contribution in [0.15, 0.2) is 59.1 Å². The fraction of sp³-hybridized carbons (Fsp3) is 0.464. The normalized spacial score (nSPS) is 22.6. The van der Waals surface area contributed by atoms with Gasteiger partial charge < -0.3 is 19.3 Å². The molecule has 0 saturated heterocycles. The third kappa shape index (κ3) is 5.34. The number of hydrogen-bond acceptors (Lipinski definition) is 6. The average Bonchev–Trinajstić information content (AvgIpc) is 3.58. The molecule has 7 nitrogen and oxygen atoms in total. The van der Waals surface area contributed by atoms with Crippen LogP contribution in [0.1, 0.15) is 74.2 Å². The molecule has 0 aliphatic heterocycles. The molecule has 1 N–H and O–H groups in total. The highest BCUT2D eigenvalue weighted by Gasteiger charge is 2.43. The Hall–Kier alpha value is -3.35. The molecule has 0 unspecified atom stereocenters. The summed E-state index contributed by atoms with van der Waals surface area (Å²) in [6.07, 6.45) is 7.70. The minimum atomic E-state index is -0.362. The van der Waals surface area contributed by atoms with E-state index in [-0.39, 0.29) is 23.7 Å². The van der Waals surface area contributed by atoms with Gasteiger partial charge in [0, 0.05) is 6.04 Å². The van der Waals surface area contributed by atoms with Crippen molar-refractivity contribution in [1.29, 1.82) is 0 Å². The van der Waals surface area contributed by atoms with Crippen LogP contribution in [0.2, 0.25) is 0 Å². The number of benzene rings is 2. The van der Waals surface area contributed by atoms with Crippen LogP contribution in [0.5, 0.6) is 5.75 Å². The van der Waals surface area contributed by atoms with Gasteiger partial charge in [-0.15, -0.1) is 0 Å². The molecular formula is C28H33N3O4. The first-order chi connectivity index (χ1) is 17.1. The molecule has 2 fully saturated rings. The second-order valence-corrected chi connectivity index (χ2v) is 9.72. The zero-order valence-corrected chi connectivity index (χ0v) is 20.2. The van der Waals surface area contributed by atoms with E-state index in [2.05, 4.69) is 22.6 Å². The quantitative estimate of drug-likeness (QED) is 0.481. The predicted octanol–water partition coefficient (Wildman–Crippen LogP) is 5.57. The minimum Gasteiger partial charge on any atom is -0.497 e. The fourth-order valence-electron chi connectivity index (χ4n) is 5.50. The molecule has 0 atom stereocenters. The lowest BCUT2D eigenvalue weighted by Gasteiger charge is -2.38. The number of ether oxygens (including phenoxy) is 2. The molecule has 0 bridgehead atoms. The number of nitrogens with one attached hydrogen (secondary N) is 1. The summed E-state index contributed by atoms with van der Waals surface area (Å²) in [6.45, 7) is 0. The summed E-state index contributed by atoms with van der Waals surface area (Å²) in [7, 11) is 1.66. The number of nitrogens with zero attached hydrogens (tertiary/aromatic N) is 2. The summed E-state index contributed by atoms with van der Waals surface area (Å²) in [4.78, 5) is 17.3.